The third-order valence-corrected chi connectivity index (χ3v) is 5.46. The van der Waals surface area contributed by atoms with Crippen LogP contribution in [0.1, 0.15) is 11.3 Å². The normalized spacial score (nSPS) is 13.6. The first-order valence-corrected chi connectivity index (χ1v) is 9.57. The van der Waals surface area contributed by atoms with Crippen LogP contribution in [-0.2, 0) is 20.4 Å². The van der Waals surface area contributed by atoms with Gasteiger partial charge in [-0.3, -0.25) is 5.32 Å². The van der Waals surface area contributed by atoms with E-state index in [1.54, 1.807) is 6.07 Å². The molecule has 3 aromatic rings. The van der Waals surface area contributed by atoms with E-state index in [2.05, 4.69) is 14.8 Å². The van der Waals surface area contributed by atoms with Crippen LogP contribution in [0, 0.1) is 0 Å². The number of sulfonamides is 1. The number of anilines is 1. The topological polar surface area (TPSA) is 131 Å². The Labute approximate surface area is 161 Å². The number of carbonyl (C=O) groups excluding carboxylic acids is 1. The summed E-state index contributed by atoms with van der Waals surface area (Å²) in [4.78, 5) is 11.1. The summed E-state index contributed by atoms with van der Waals surface area (Å²) in [6, 6.07) is 10.1. The summed E-state index contributed by atoms with van der Waals surface area (Å²) in [5, 5.41) is 13.5. The smallest absolute Gasteiger partial charge is 0.411 e. The molecule has 28 heavy (non-hydrogen) atoms. The van der Waals surface area contributed by atoms with Gasteiger partial charge in [-0.15, -0.1) is 0 Å². The molecule has 0 aliphatic rings. The lowest BCUT2D eigenvalue weighted by Crippen LogP contribution is -2.41. The number of hydrogen-bond acceptors (Lipinski definition) is 7. The summed E-state index contributed by atoms with van der Waals surface area (Å²) >= 11 is 0. The Morgan fingerprint density at radius 1 is 1.18 bits per heavy atom. The minimum absolute atomic E-state index is 0.0445. The van der Waals surface area contributed by atoms with Gasteiger partial charge in [-0.1, -0.05) is 0 Å². The Morgan fingerprint density at radius 3 is 2.50 bits per heavy atom. The third-order valence-electron chi connectivity index (χ3n) is 4.04. The lowest BCUT2D eigenvalue weighted by molar-refractivity contribution is 0.0613. The van der Waals surface area contributed by atoms with Gasteiger partial charge < -0.3 is 18.7 Å². The minimum atomic E-state index is -3.95. The number of benzene rings is 1. The highest BCUT2D eigenvalue weighted by atomic mass is 32.2. The van der Waals surface area contributed by atoms with Crippen LogP contribution in [-0.4, -0.2) is 33.3 Å². The summed E-state index contributed by atoms with van der Waals surface area (Å²) in [6.45, 7) is -0.384. The molecule has 0 bridgehead atoms. The van der Waals surface area contributed by atoms with E-state index in [-0.39, 0.29) is 17.2 Å². The maximum Gasteiger partial charge on any atom is 0.411 e. The van der Waals surface area contributed by atoms with Crippen molar-refractivity contribution >= 4 is 21.8 Å². The average molecular weight is 406 g/mol. The zero-order valence-electron chi connectivity index (χ0n) is 14.8. The number of hydrogen-bond donors (Lipinski definition) is 3. The number of amides is 1. The van der Waals surface area contributed by atoms with Crippen molar-refractivity contribution < 1.29 is 31.9 Å². The fraction of sp³-hybridized carbons (Fsp3) is 0.167. The van der Waals surface area contributed by atoms with Gasteiger partial charge in [-0.05, 0) is 42.5 Å². The van der Waals surface area contributed by atoms with Crippen LogP contribution in [0.2, 0.25) is 0 Å². The monoisotopic (exact) mass is 406 g/mol. The molecule has 0 fully saturated rings. The Bertz CT molecular complexity index is 976. The molecule has 10 heteroatoms. The molecular weight excluding hydrogens is 388 g/mol. The third kappa shape index (κ3) is 4.09. The second-order valence-corrected chi connectivity index (χ2v) is 7.58. The summed E-state index contributed by atoms with van der Waals surface area (Å²) in [7, 11) is -2.73. The molecule has 1 atom stereocenters. The summed E-state index contributed by atoms with van der Waals surface area (Å²) in [5.74, 6) is 0.161. The fourth-order valence-electron chi connectivity index (χ4n) is 2.51. The first-order valence-electron chi connectivity index (χ1n) is 8.09. The Hall–Kier alpha value is -3.08. The SMILES string of the molecule is COC(=O)Nc1ccc(S(=O)(=O)NCC(O)(c2ccoc2)c2ccco2)cc1. The van der Waals surface area contributed by atoms with E-state index < -0.39 is 21.7 Å². The molecule has 0 aliphatic carbocycles. The molecule has 148 valence electrons. The number of carbonyl (C=O) groups is 1. The molecular formula is C18H18N2O7S. The van der Waals surface area contributed by atoms with Crippen LogP contribution in [0.3, 0.4) is 0 Å². The van der Waals surface area contributed by atoms with Gasteiger partial charge in [0.1, 0.15) is 5.76 Å². The largest absolute Gasteiger partial charge is 0.472 e. The molecule has 2 heterocycles. The average Bonchev–Trinajstić information content (AvgIpc) is 3.41. The van der Waals surface area contributed by atoms with Gasteiger partial charge >= 0.3 is 6.09 Å². The van der Waals surface area contributed by atoms with Crippen LogP contribution in [0.4, 0.5) is 10.5 Å². The van der Waals surface area contributed by atoms with Gasteiger partial charge in [0, 0.05) is 11.3 Å². The van der Waals surface area contributed by atoms with Crippen molar-refractivity contribution in [1.82, 2.24) is 4.72 Å². The molecule has 1 unspecified atom stereocenters. The van der Waals surface area contributed by atoms with Crippen LogP contribution in [0.25, 0.3) is 0 Å². The van der Waals surface area contributed by atoms with E-state index in [1.807, 2.05) is 0 Å². The van der Waals surface area contributed by atoms with Gasteiger partial charge in [0.15, 0.2) is 5.60 Å². The molecule has 1 amide bonds. The maximum atomic E-state index is 12.6. The Morgan fingerprint density at radius 2 is 1.93 bits per heavy atom. The quantitative estimate of drug-likeness (QED) is 0.548. The maximum absolute atomic E-state index is 12.6. The molecule has 9 nitrogen and oxygen atoms in total. The lowest BCUT2D eigenvalue weighted by Gasteiger charge is -2.25. The Balaban J connectivity index is 1.79. The first kappa shape index (κ1) is 19.7. The number of aliphatic hydroxyl groups is 1. The number of furan rings is 2. The van der Waals surface area contributed by atoms with E-state index in [9.17, 15) is 18.3 Å². The van der Waals surface area contributed by atoms with E-state index in [0.717, 1.165) is 0 Å². The van der Waals surface area contributed by atoms with E-state index in [1.165, 1.54) is 62.3 Å². The summed E-state index contributed by atoms with van der Waals surface area (Å²) < 4.78 is 42.4. The van der Waals surface area contributed by atoms with Crippen molar-refractivity contribution in [2.75, 3.05) is 19.0 Å². The molecule has 0 saturated heterocycles. The van der Waals surface area contributed by atoms with Crippen LogP contribution in [0.15, 0.2) is 75.0 Å². The highest BCUT2D eigenvalue weighted by molar-refractivity contribution is 7.89. The van der Waals surface area contributed by atoms with Crippen molar-refractivity contribution in [3.63, 3.8) is 0 Å². The second-order valence-electron chi connectivity index (χ2n) is 5.82. The second kappa shape index (κ2) is 7.89. The van der Waals surface area contributed by atoms with Crippen molar-refractivity contribution in [3.05, 3.63) is 72.6 Å². The molecule has 0 spiro atoms. The number of nitrogens with one attached hydrogen (secondary N) is 2. The van der Waals surface area contributed by atoms with E-state index in [4.69, 9.17) is 8.83 Å². The number of ether oxygens (including phenoxy) is 1. The molecule has 2 aromatic heterocycles. The van der Waals surface area contributed by atoms with Gasteiger partial charge in [-0.2, -0.15) is 0 Å². The summed E-state index contributed by atoms with van der Waals surface area (Å²) in [5.41, 5.74) is -1.05. The van der Waals surface area contributed by atoms with E-state index in [0.29, 0.717) is 11.3 Å². The molecule has 0 saturated carbocycles. The first-order chi connectivity index (χ1) is 13.3. The van der Waals surface area contributed by atoms with Crippen LogP contribution >= 0.6 is 0 Å². The molecule has 3 N–H and O–H groups in total. The number of methoxy groups -OCH3 is 1. The van der Waals surface area contributed by atoms with Crippen molar-refractivity contribution in [2.24, 2.45) is 0 Å². The molecule has 0 radical (unpaired) electrons. The van der Waals surface area contributed by atoms with Crippen molar-refractivity contribution in [1.29, 1.82) is 0 Å². The highest BCUT2D eigenvalue weighted by Gasteiger charge is 2.37. The predicted molar refractivity (Wildman–Crippen MR) is 98.1 cm³/mol. The van der Waals surface area contributed by atoms with Crippen molar-refractivity contribution in [2.45, 2.75) is 10.5 Å². The Kier molecular flexibility index (Phi) is 5.54. The van der Waals surface area contributed by atoms with Gasteiger partial charge in [0.05, 0.1) is 37.3 Å². The van der Waals surface area contributed by atoms with Crippen molar-refractivity contribution in [3.8, 4) is 0 Å². The molecule has 0 aliphatic heterocycles. The van der Waals surface area contributed by atoms with Gasteiger partial charge in [0.25, 0.3) is 0 Å². The predicted octanol–water partition coefficient (Wildman–Crippen LogP) is 2.27. The highest BCUT2D eigenvalue weighted by Crippen LogP contribution is 2.30. The molecule has 1 aromatic carbocycles. The van der Waals surface area contributed by atoms with Crippen LogP contribution < -0.4 is 10.0 Å². The molecule has 3 rings (SSSR count). The summed E-state index contributed by atoms with van der Waals surface area (Å²) in [6.07, 6.45) is 3.38. The lowest BCUT2D eigenvalue weighted by atomic mass is 9.94. The van der Waals surface area contributed by atoms with Gasteiger partial charge in [0.2, 0.25) is 10.0 Å². The zero-order chi connectivity index (χ0) is 20.2. The standard InChI is InChI=1S/C18H18N2O7S/c1-25-17(21)20-14-4-6-15(7-5-14)28(23,24)19-12-18(22,13-8-10-26-11-13)16-3-2-9-27-16/h2-11,19,22H,12H2,1H3,(H,20,21). The number of rotatable bonds is 7. The zero-order valence-corrected chi connectivity index (χ0v) is 15.6. The minimum Gasteiger partial charge on any atom is -0.472 e. The van der Waals surface area contributed by atoms with Crippen LogP contribution in [0.5, 0.6) is 0 Å². The van der Waals surface area contributed by atoms with Gasteiger partial charge in [-0.25, -0.2) is 17.9 Å². The van der Waals surface area contributed by atoms with E-state index >= 15 is 0 Å². The fourth-order valence-corrected chi connectivity index (χ4v) is 3.57.